The van der Waals surface area contributed by atoms with Crippen molar-refractivity contribution in [2.45, 2.75) is 63.8 Å². The zero-order valence-corrected chi connectivity index (χ0v) is 27.6. The third kappa shape index (κ3) is 7.06. The Hall–Kier alpha value is -3.53. The Bertz CT molecular complexity index is 1730. The smallest absolute Gasteiger partial charge is 0.220 e. The Morgan fingerprint density at radius 1 is 0.935 bits per heavy atom. The van der Waals surface area contributed by atoms with Crippen LogP contribution in [0.4, 0.5) is 0 Å². The fourth-order valence-corrected chi connectivity index (χ4v) is 7.00. The Balaban J connectivity index is 1.25. The van der Waals surface area contributed by atoms with E-state index in [1.54, 1.807) is 14.0 Å². The van der Waals surface area contributed by atoms with Gasteiger partial charge in [-0.2, -0.15) is 0 Å². The van der Waals surface area contributed by atoms with Crippen LogP contribution in [0.5, 0.6) is 5.88 Å². The minimum atomic E-state index is -0.400. The fourth-order valence-electron chi connectivity index (χ4n) is 6.35. The number of aromatic nitrogens is 2. The molecule has 3 heterocycles. The first-order chi connectivity index (χ1) is 22.3. The lowest BCUT2D eigenvalue weighted by molar-refractivity contribution is -0.119. The van der Waals surface area contributed by atoms with Gasteiger partial charge in [-0.25, -0.2) is 4.98 Å². The lowest BCUT2D eigenvalue weighted by Gasteiger charge is -2.27. The van der Waals surface area contributed by atoms with Gasteiger partial charge in [-0.3, -0.25) is 9.78 Å². The molecule has 1 unspecified atom stereocenters. The van der Waals surface area contributed by atoms with Crippen molar-refractivity contribution >= 4 is 29.1 Å². The van der Waals surface area contributed by atoms with E-state index in [0.29, 0.717) is 47.7 Å². The second-order valence-electron chi connectivity index (χ2n) is 12.1. The molecule has 0 spiro atoms. The predicted molar refractivity (Wildman–Crippen MR) is 183 cm³/mol. The van der Waals surface area contributed by atoms with Crippen molar-refractivity contribution in [2.24, 2.45) is 0 Å². The first-order valence-corrected chi connectivity index (χ1v) is 16.6. The summed E-state index contributed by atoms with van der Waals surface area (Å²) in [6.07, 6.45) is 3.99. The van der Waals surface area contributed by atoms with E-state index in [9.17, 15) is 9.90 Å². The molecule has 1 saturated heterocycles. The quantitative estimate of drug-likeness (QED) is 0.145. The summed E-state index contributed by atoms with van der Waals surface area (Å²) in [5.74, 6) is 0.623. The van der Waals surface area contributed by atoms with Crippen molar-refractivity contribution < 1.29 is 14.6 Å². The number of aryl methyl sites for hydroxylation is 1. The van der Waals surface area contributed by atoms with Crippen LogP contribution in [-0.4, -0.2) is 53.3 Å². The van der Waals surface area contributed by atoms with Gasteiger partial charge in [0.15, 0.2) is 0 Å². The molecule has 0 saturated carbocycles. The largest absolute Gasteiger partial charge is 0.481 e. The molecule has 240 valence electrons. The number of hydrogen-bond donors (Lipinski definition) is 4. The highest BCUT2D eigenvalue weighted by atomic mass is 35.5. The molecule has 1 fully saturated rings. The SMILES string of the molecule is COc1nc(-c2cccc(-c3cccc(-c4ccc5c(n4)CCCC5NC[C@H](C)O)c3Cl)c2Cl)ccc1CNC[C@@H]1CCC(=O)N1. The Morgan fingerprint density at radius 2 is 1.61 bits per heavy atom. The maximum Gasteiger partial charge on any atom is 0.220 e. The van der Waals surface area contributed by atoms with E-state index in [0.717, 1.165) is 64.9 Å². The molecule has 2 aromatic heterocycles. The van der Waals surface area contributed by atoms with Gasteiger partial charge < -0.3 is 25.8 Å². The molecule has 0 radical (unpaired) electrons. The van der Waals surface area contributed by atoms with Crippen molar-refractivity contribution in [3.8, 4) is 39.5 Å². The van der Waals surface area contributed by atoms with Crippen LogP contribution in [-0.2, 0) is 17.8 Å². The number of pyridine rings is 2. The number of carbonyl (C=O) groups is 1. The normalized spacial score (nSPS) is 18.2. The molecule has 4 aromatic rings. The van der Waals surface area contributed by atoms with Gasteiger partial charge in [-0.15, -0.1) is 0 Å². The highest BCUT2D eigenvalue weighted by molar-refractivity contribution is 6.39. The van der Waals surface area contributed by atoms with Crippen molar-refractivity contribution in [1.82, 2.24) is 25.9 Å². The van der Waals surface area contributed by atoms with Crippen LogP contribution in [0.1, 0.15) is 55.5 Å². The monoisotopic (exact) mass is 659 g/mol. The molecule has 2 aliphatic rings. The highest BCUT2D eigenvalue weighted by Gasteiger charge is 2.24. The van der Waals surface area contributed by atoms with Crippen molar-refractivity contribution in [3.05, 3.63) is 87.5 Å². The number of nitrogens with zero attached hydrogens (tertiary/aromatic N) is 2. The Kier molecular flexibility index (Phi) is 10.2. The number of hydrogen-bond acceptors (Lipinski definition) is 7. The van der Waals surface area contributed by atoms with Crippen molar-refractivity contribution in [2.75, 3.05) is 20.2 Å². The van der Waals surface area contributed by atoms with Gasteiger partial charge in [0.2, 0.25) is 11.8 Å². The maximum absolute atomic E-state index is 11.5. The number of nitrogens with one attached hydrogen (secondary N) is 3. The van der Waals surface area contributed by atoms with Gasteiger partial charge in [0.1, 0.15) is 0 Å². The number of rotatable bonds is 11. The van der Waals surface area contributed by atoms with Gasteiger partial charge in [0.05, 0.1) is 34.6 Å². The number of halogens is 2. The summed E-state index contributed by atoms with van der Waals surface area (Å²) in [5.41, 5.74) is 7.92. The fraction of sp³-hybridized carbons (Fsp3) is 0.361. The Morgan fingerprint density at radius 3 is 2.26 bits per heavy atom. The van der Waals surface area contributed by atoms with E-state index in [1.165, 1.54) is 5.56 Å². The molecule has 1 aliphatic carbocycles. The average Bonchev–Trinajstić information content (AvgIpc) is 3.48. The second-order valence-corrected chi connectivity index (χ2v) is 12.8. The van der Waals surface area contributed by atoms with E-state index < -0.39 is 6.10 Å². The average molecular weight is 661 g/mol. The number of fused-ring (bicyclic) bond motifs is 1. The third-order valence-corrected chi connectivity index (χ3v) is 9.53. The first kappa shape index (κ1) is 32.4. The molecular weight excluding hydrogens is 621 g/mol. The van der Waals surface area contributed by atoms with Crippen LogP contribution in [0.25, 0.3) is 33.6 Å². The molecule has 1 aliphatic heterocycles. The Labute approximate surface area is 279 Å². The van der Waals surface area contributed by atoms with E-state index in [2.05, 4.69) is 22.0 Å². The van der Waals surface area contributed by atoms with Gasteiger partial charge >= 0.3 is 0 Å². The van der Waals surface area contributed by atoms with Crippen molar-refractivity contribution in [1.29, 1.82) is 0 Å². The molecule has 1 amide bonds. The van der Waals surface area contributed by atoms with Crippen LogP contribution in [0.15, 0.2) is 60.7 Å². The molecule has 0 bridgehead atoms. The van der Waals surface area contributed by atoms with Crippen LogP contribution in [0, 0.1) is 0 Å². The lowest BCUT2D eigenvalue weighted by atomic mass is 9.90. The van der Waals surface area contributed by atoms with Crippen LogP contribution < -0.4 is 20.7 Å². The van der Waals surface area contributed by atoms with E-state index in [1.807, 2.05) is 54.6 Å². The first-order valence-electron chi connectivity index (χ1n) is 15.9. The molecule has 6 rings (SSSR count). The van der Waals surface area contributed by atoms with Gasteiger partial charge in [-0.05, 0) is 50.3 Å². The summed E-state index contributed by atoms with van der Waals surface area (Å²) in [6, 6.07) is 20.2. The number of carbonyl (C=O) groups excluding carboxylic acids is 1. The van der Waals surface area contributed by atoms with Crippen LogP contribution >= 0.6 is 23.2 Å². The highest BCUT2D eigenvalue weighted by Crippen LogP contribution is 2.42. The van der Waals surface area contributed by atoms with Crippen LogP contribution in [0.2, 0.25) is 10.0 Å². The standard InChI is InChI=1S/C36H39Cl2N5O3/c1-21(44)18-40-29-10-5-11-30-26(29)14-16-31(42-30)27-8-3-6-24(34(27)37)25-7-4-9-28(35(25)38)32-15-12-22(36(43-32)46-2)19-39-20-23-13-17-33(45)41-23/h3-4,6-9,12,14-16,21,23,29,39-40,44H,5,10-11,13,17-20H2,1-2H3,(H,41,45)/t21-,23-,29?/m0/s1. The van der Waals surface area contributed by atoms with Gasteiger partial charge in [0, 0.05) is 71.6 Å². The van der Waals surface area contributed by atoms with Crippen molar-refractivity contribution in [3.63, 3.8) is 0 Å². The number of amides is 1. The maximum atomic E-state index is 11.5. The molecule has 4 N–H and O–H groups in total. The minimum absolute atomic E-state index is 0.106. The molecule has 10 heteroatoms. The zero-order valence-electron chi connectivity index (χ0n) is 26.1. The molecule has 8 nitrogen and oxygen atoms in total. The summed E-state index contributed by atoms with van der Waals surface area (Å²) in [5, 5.41) is 20.7. The number of aliphatic hydroxyl groups is 1. The third-order valence-electron chi connectivity index (χ3n) is 8.71. The number of aliphatic hydroxyl groups excluding tert-OH is 1. The predicted octanol–water partition coefficient (Wildman–Crippen LogP) is 6.51. The van der Waals surface area contributed by atoms with E-state index >= 15 is 0 Å². The van der Waals surface area contributed by atoms with Gasteiger partial charge in [0.25, 0.3) is 0 Å². The molecular formula is C36H39Cl2N5O3. The number of methoxy groups -OCH3 is 1. The molecule has 2 aromatic carbocycles. The summed E-state index contributed by atoms with van der Waals surface area (Å²) >= 11 is 14.2. The minimum Gasteiger partial charge on any atom is -0.481 e. The summed E-state index contributed by atoms with van der Waals surface area (Å²) in [7, 11) is 1.61. The van der Waals surface area contributed by atoms with E-state index in [4.69, 9.17) is 37.9 Å². The van der Waals surface area contributed by atoms with Gasteiger partial charge in [-0.1, -0.05) is 71.7 Å². The topological polar surface area (TPSA) is 108 Å². The zero-order chi connectivity index (χ0) is 32.2. The molecule has 3 atom stereocenters. The summed E-state index contributed by atoms with van der Waals surface area (Å²) < 4.78 is 5.65. The lowest BCUT2D eigenvalue weighted by Crippen LogP contribution is -2.35. The summed E-state index contributed by atoms with van der Waals surface area (Å²) in [4.78, 5) is 21.3. The van der Waals surface area contributed by atoms with Crippen LogP contribution in [0.3, 0.4) is 0 Å². The van der Waals surface area contributed by atoms with E-state index in [-0.39, 0.29) is 18.0 Å². The number of ether oxygens (including phenoxy) is 1. The molecule has 46 heavy (non-hydrogen) atoms. The summed E-state index contributed by atoms with van der Waals surface area (Å²) in [6.45, 7) is 3.59. The second kappa shape index (κ2) is 14.5. The number of benzene rings is 2.